The molecule has 96 valence electrons. The lowest BCUT2D eigenvalue weighted by Gasteiger charge is -2.22. The second-order valence-corrected chi connectivity index (χ2v) is 4.30. The smallest absolute Gasteiger partial charge is 0.287 e. The molecular formula is C12H19ClN2O2. The van der Waals surface area contributed by atoms with Crippen molar-refractivity contribution in [2.45, 2.75) is 25.8 Å². The number of carbonyl (C=O) groups is 1. The molecule has 0 fully saturated rings. The molecule has 0 aliphatic heterocycles. The predicted octanol–water partition coefficient (Wildman–Crippen LogP) is 2.09. The minimum atomic E-state index is -0.197. The van der Waals surface area contributed by atoms with Crippen LogP contribution in [0, 0.1) is 0 Å². The third-order valence-electron chi connectivity index (χ3n) is 2.83. The lowest BCUT2D eigenvalue weighted by atomic mass is 10.3. The molecule has 1 aromatic rings. The van der Waals surface area contributed by atoms with Gasteiger partial charge in [0.1, 0.15) is 5.76 Å². The number of hydrogen-bond acceptors (Lipinski definition) is 3. The van der Waals surface area contributed by atoms with Crippen molar-refractivity contribution in [2.75, 3.05) is 20.1 Å². The maximum atomic E-state index is 11.7. The molecule has 1 aromatic heterocycles. The van der Waals surface area contributed by atoms with Gasteiger partial charge in [0.25, 0.3) is 5.91 Å². The van der Waals surface area contributed by atoms with Crippen LogP contribution in [0.1, 0.15) is 30.2 Å². The number of carbonyl (C=O) groups excluding carboxylic acids is 1. The van der Waals surface area contributed by atoms with E-state index in [0.29, 0.717) is 24.1 Å². The lowest BCUT2D eigenvalue weighted by Crippen LogP contribution is -2.39. The molecule has 1 amide bonds. The molecule has 0 radical (unpaired) electrons. The average molecular weight is 259 g/mol. The Balaban J connectivity index is 2.44. The third kappa shape index (κ3) is 4.06. The van der Waals surface area contributed by atoms with Crippen molar-refractivity contribution < 1.29 is 9.21 Å². The normalized spacial score (nSPS) is 12.8. The Labute approximate surface area is 107 Å². The molecule has 5 heteroatoms. The summed E-state index contributed by atoms with van der Waals surface area (Å²) in [5.74, 6) is 1.00. The van der Waals surface area contributed by atoms with Crippen LogP contribution < -0.4 is 5.32 Å². The molecule has 0 aliphatic carbocycles. The molecule has 4 nitrogen and oxygen atoms in total. The molecule has 1 atom stereocenters. The van der Waals surface area contributed by atoms with Crippen LogP contribution in [-0.4, -0.2) is 37.0 Å². The highest BCUT2D eigenvalue weighted by Gasteiger charge is 2.13. The molecule has 0 saturated carbocycles. The zero-order chi connectivity index (χ0) is 12.8. The summed E-state index contributed by atoms with van der Waals surface area (Å²) in [7, 11) is 2.02. The Hall–Kier alpha value is -1.00. The van der Waals surface area contributed by atoms with Gasteiger partial charge in [-0.1, -0.05) is 6.92 Å². The maximum absolute atomic E-state index is 11.7. The Kier molecular flexibility index (Phi) is 5.51. The van der Waals surface area contributed by atoms with Crippen LogP contribution in [0.3, 0.4) is 0 Å². The van der Waals surface area contributed by atoms with E-state index in [1.165, 1.54) is 0 Å². The van der Waals surface area contributed by atoms with Gasteiger partial charge >= 0.3 is 0 Å². The maximum Gasteiger partial charge on any atom is 0.287 e. The van der Waals surface area contributed by atoms with Crippen LogP contribution in [0.2, 0.25) is 0 Å². The number of likely N-dealkylation sites (N-methyl/N-ethyl adjacent to an activating group) is 1. The van der Waals surface area contributed by atoms with Crippen molar-refractivity contribution >= 4 is 17.5 Å². The zero-order valence-corrected chi connectivity index (χ0v) is 11.3. The SMILES string of the molecule is CCN(C)C(C)CNC(=O)c1ccc(CCl)o1. The van der Waals surface area contributed by atoms with Crippen molar-refractivity contribution in [3.63, 3.8) is 0 Å². The summed E-state index contributed by atoms with van der Waals surface area (Å²) in [6.45, 7) is 5.70. The van der Waals surface area contributed by atoms with Gasteiger partial charge in [-0.25, -0.2) is 0 Å². The minimum absolute atomic E-state index is 0.197. The largest absolute Gasteiger partial charge is 0.455 e. The van der Waals surface area contributed by atoms with E-state index in [9.17, 15) is 4.79 Å². The summed E-state index contributed by atoms with van der Waals surface area (Å²) >= 11 is 5.60. The van der Waals surface area contributed by atoms with E-state index in [-0.39, 0.29) is 11.8 Å². The monoisotopic (exact) mass is 258 g/mol. The van der Waals surface area contributed by atoms with Crippen molar-refractivity contribution in [1.82, 2.24) is 10.2 Å². The van der Waals surface area contributed by atoms with Gasteiger partial charge in [0, 0.05) is 12.6 Å². The van der Waals surface area contributed by atoms with Crippen LogP contribution in [0.15, 0.2) is 16.5 Å². The van der Waals surface area contributed by atoms with Crippen LogP contribution in [0.25, 0.3) is 0 Å². The molecule has 0 spiro atoms. The molecule has 1 N–H and O–H groups in total. The van der Waals surface area contributed by atoms with Crippen molar-refractivity contribution in [2.24, 2.45) is 0 Å². The van der Waals surface area contributed by atoms with E-state index in [1.807, 2.05) is 7.05 Å². The van der Waals surface area contributed by atoms with Gasteiger partial charge in [-0.2, -0.15) is 0 Å². The van der Waals surface area contributed by atoms with Gasteiger partial charge in [0.2, 0.25) is 0 Å². The van der Waals surface area contributed by atoms with E-state index >= 15 is 0 Å². The summed E-state index contributed by atoms with van der Waals surface area (Å²) in [6.07, 6.45) is 0. The van der Waals surface area contributed by atoms with Gasteiger partial charge in [-0.05, 0) is 32.6 Å². The average Bonchev–Trinajstić information content (AvgIpc) is 2.83. The summed E-state index contributed by atoms with van der Waals surface area (Å²) in [5, 5.41) is 2.83. The molecule has 0 aromatic carbocycles. The second kappa shape index (κ2) is 6.67. The number of furan rings is 1. The summed E-state index contributed by atoms with van der Waals surface area (Å²) < 4.78 is 5.26. The number of halogens is 1. The molecule has 0 saturated heterocycles. The highest BCUT2D eigenvalue weighted by molar-refractivity contribution is 6.16. The van der Waals surface area contributed by atoms with E-state index in [4.69, 9.17) is 16.0 Å². The van der Waals surface area contributed by atoms with Crippen molar-refractivity contribution in [3.05, 3.63) is 23.7 Å². The van der Waals surface area contributed by atoms with Crippen LogP contribution in [-0.2, 0) is 5.88 Å². The fourth-order valence-electron chi connectivity index (χ4n) is 1.37. The zero-order valence-electron chi connectivity index (χ0n) is 10.5. The first-order valence-corrected chi connectivity index (χ1v) is 6.25. The Morgan fingerprint density at radius 2 is 2.29 bits per heavy atom. The van der Waals surface area contributed by atoms with E-state index < -0.39 is 0 Å². The van der Waals surface area contributed by atoms with Crippen LogP contribution >= 0.6 is 11.6 Å². The second-order valence-electron chi connectivity index (χ2n) is 4.03. The third-order valence-corrected chi connectivity index (χ3v) is 3.09. The number of amides is 1. The molecular weight excluding hydrogens is 240 g/mol. The molecule has 0 bridgehead atoms. The van der Waals surface area contributed by atoms with Crippen molar-refractivity contribution in [1.29, 1.82) is 0 Å². The van der Waals surface area contributed by atoms with Crippen LogP contribution in [0.4, 0.5) is 0 Å². The van der Waals surface area contributed by atoms with Gasteiger partial charge in [-0.15, -0.1) is 11.6 Å². The molecule has 1 rings (SSSR count). The predicted molar refractivity (Wildman–Crippen MR) is 68.4 cm³/mol. The number of alkyl halides is 1. The first kappa shape index (κ1) is 14.1. The number of rotatable bonds is 6. The Morgan fingerprint density at radius 1 is 1.59 bits per heavy atom. The molecule has 1 unspecified atom stereocenters. The molecule has 17 heavy (non-hydrogen) atoms. The highest BCUT2D eigenvalue weighted by atomic mass is 35.5. The van der Waals surface area contributed by atoms with Gasteiger partial charge in [0.15, 0.2) is 5.76 Å². The first-order chi connectivity index (χ1) is 8.08. The quantitative estimate of drug-likeness (QED) is 0.795. The molecule has 0 aliphatic rings. The first-order valence-electron chi connectivity index (χ1n) is 5.71. The lowest BCUT2D eigenvalue weighted by molar-refractivity contribution is 0.0912. The highest BCUT2D eigenvalue weighted by Crippen LogP contribution is 2.09. The minimum Gasteiger partial charge on any atom is -0.455 e. The van der Waals surface area contributed by atoms with E-state index in [2.05, 4.69) is 24.1 Å². The number of nitrogens with one attached hydrogen (secondary N) is 1. The Morgan fingerprint density at radius 3 is 2.82 bits per heavy atom. The fourth-order valence-corrected chi connectivity index (χ4v) is 1.51. The fraction of sp³-hybridized carbons (Fsp3) is 0.583. The number of hydrogen-bond donors (Lipinski definition) is 1. The van der Waals surface area contributed by atoms with Crippen molar-refractivity contribution in [3.8, 4) is 0 Å². The summed E-state index contributed by atoms with van der Waals surface area (Å²) in [5.41, 5.74) is 0. The van der Waals surface area contributed by atoms with Crippen LogP contribution in [0.5, 0.6) is 0 Å². The van der Waals surface area contributed by atoms with Gasteiger partial charge in [0.05, 0.1) is 5.88 Å². The summed E-state index contributed by atoms with van der Waals surface area (Å²) in [6, 6.07) is 3.65. The Bertz CT molecular complexity index is 365. The molecule has 1 heterocycles. The van der Waals surface area contributed by atoms with E-state index in [1.54, 1.807) is 12.1 Å². The summed E-state index contributed by atoms with van der Waals surface area (Å²) in [4.78, 5) is 13.9. The van der Waals surface area contributed by atoms with E-state index in [0.717, 1.165) is 6.54 Å². The van der Waals surface area contributed by atoms with Gasteiger partial charge in [-0.3, -0.25) is 4.79 Å². The number of nitrogens with zero attached hydrogens (tertiary/aromatic N) is 1. The standard InChI is InChI=1S/C12H19ClN2O2/c1-4-15(3)9(2)8-14-12(16)11-6-5-10(7-13)17-11/h5-6,9H,4,7-8H2,1-3H3,(H,14,16). The topological polar surface area (TPSA) is 45.5 Å². The van der Waals surface area contributed by atoms with Gasteiger partial charge < -0.3 is 14.6 Å².